The standard InChI is InChI=1S/C15H20N2S/c1-4-12-8-6-7-9-13(12)15-17-10-14(18-15)11(3)16-5-2/h6-11,16H,4-5H2,1-3H3. The molecule has 0 fully saturated rings. The molecule has 96 valence electrons. The summed E-state index contributed by atoms with van der Waals surface area (Å²) >= 11 is 1.79. The summed E-state index contributed by atoms with van der Waals surface area (Å²) in [6, 6.07) is 8.92. The van der Waals surface area contributed by atoms with Crippen LogP contribution in [-0.4, -0.2) is 11.5 Å². The van der Waals surface area contributed by atoms with Gasteiger partial charge in [-0.3, -0.25) is 0 Å². The quantitative estimate of drug-likeness (QED) is 0.877. The third kappa shape index (κ3) is 2.79. The zero-order valence-electron chi connectivity index (χ0n) is 11.2. The third-order valence-corrected chi connectivity index (χ3v) is 4.30. The van der Waals surface area contributed by atoms with Gasteiger partial charge in [0.1, 0.15) is 5.01 Å². The van der Waals surface area contributed by atoms with E-state index < -0.39 is 0 Å². The van der Waals surface area contributed by atoms with Crippen molar-refractivity contribution < 1.29 is 0 Å². The molecular formula is C15H20N2S. The molecule has 1 N–H and O–H groups in total. The molecule has 0 aliphatic heterocycles. The van der Waals surface area contributed by atoms with Crippen LogP contribution in [0, 0.1) is 0 Å². The van der Waals surface area contributed by atoms with Crippen molar-refractivity contribution in [3.05, 3.63) is 40.9 Å². The molecule has 1 aromatic carbocycles. The largest absolute Gasteiger partial charge is 0.310 e. The van der Waals surface area contributed by atoms with Crippen molar-refractivity contribution in [1.29, 1.82) is 0 Å². The summed E-state index contributed by atoms with van der Waals surface area (Å²) in [5.74, 6) is 0. The van der Waals surface area contributed by atoms with E-state index in [2.05, 4.69) is 55.3 Å². The van der Waals surface area contributed by atoms with Gasteiger partial charge in [0.15, 0.2) is 0 Å². The van der Waals surface area contributed by atoms with Gasteiger partial charge in [0.25, 0.3) is 0 Å². The summed E-state index contributed by atoms with van der Waals surface area (Å²) < 4.78 is 0. The van der Waals surface area contributed by atoms with Crippen molar-refractivity contribution >= 4 is 11.3 Å². The van der Waals surface area contributed by atoms with E-state index in [1.807, 2.05) is 6.20 Å². The van der Waals surface area contributed by atoms with E-state index in [-0.39, 0.29) is 0 Å². The van der Waals surface area contributed by atoms with Crippen LogP contribution >= 0.6 is 11.3 Å². The summed E-state index contributed by atoms with van der Waals surface area (Å²) in [6.07, 6.45) is 3.05. The van der Waals surface area contributed by atoms with Crippen LogP contribution in [0.3, 0.4) is 0 Å². The minimum atomic E-state index is 0.384. The second-order valence-electron chi connectivity index (χ2n) is 4.36. The first-order valence-corrected chi connectivity index (χ1v) is 7.35. The number of aromatic nitrogens is 1. The lowest BCUT2D eigenvalue weighted by atomic mass is 10.1. The van der Waals surface area contributed by atoms with Gasteiger partial charge in [0.05, 0.1) is 0 Å². The van der Waals surface area contributed by atoms with Gasteiger partial charge in [-0.15, -0.1) is 11.3 Å². The molecule has 2 rings (SSSR count). The predicted molar refractivity (Wildman–Crippen MR) is 79.0 cm³/mol. The van der Waals surface area contributed by atoms with Gasteiger partial charge < -0.3 is 5.32 Å². The maximum Gasteiger partial charge on any atom is 0.123 e. The molecule has 18 heavy (non-hydrogen) atoms. The number of aryl methyl sites for hydroxylation is 1. The fraction of sp³-hybridized carbons (Fsp3) is 0.400. The van der Waals surface area contributed by atoms with E-state index in [0.29, 0.717) is 6.04 Å². The van der Waals surface area contributed by atoms with Crippen LogP contribution in [0.15, 0.2) is 30.5 Å². The van der Waals surface area contributed by atoms with E-state index in [4.69, 9.17) is 0 Å². The Kier molecular flexibility index (Phi) is 4.50. The Bertz CT molecular complexity index is 505. The van der Waals surface area contributed by atoms with Crippen LogP contribution in [0.1, 0.15) is 37.3 Å². The second kappa shape index (κ2) is 6.12. The van der Waals surface area contributed by atoms with Crippen molar-refractivity contribution in [3.8, 4) is 10.6 Å². The molecule has 1 heterocycles. The summed E-state index contributed by atoms with van der Waals surface area (Å²) in [6.45, 7) is 7.49. The van der Waals surface area contributed by atoms with Crippen LogP contribution < -0.4 is 5.32 Å². The molecule has 1 unspecified atom stereocenters. The minimum Gasteiger partial charge on any atom is -0.310 e. The van der Waals surface area contributed by atoms with Gasteiger partial charge in [0, 0.05) is 22.7 Å². The SMILES string of the molecule is CCNC(C)c1cnc(-c2ccccc2CC)s1. The number of rotatable bonds is 5. The first-order chi connectivity index (χ1) is 8.76. The first kappa shape index (κ1) is 13.2. The topological polar surface area (TPSA) is 24.9 Å². The van der Waals surface area contributed by atoms with Gasteiger partial charge in [-0.2, -0.15) is 0 Å². The maximum atomic E-state index is 4.58. The van der Waals surface area contributed by atoms with Gasteiger partial charge >= 0.3 is 0 Å². The Hall–Kier alpha value is -1.19. The lowest BCUT2D eigenvalue weighted by Crippen LogP contribution is -2.16. The van der Waals surface area contributed by atoms with Crippen LogP contribution in [0.2, 0.25) is 0 Å². The molecule has 0 saturated heterocycles. The molecule has 0 aliphatic rings. The van der Waals surface area contributed by atoms with Crippen molar-refractivity contribution in [2.24, 2.45) is 0 Å². The molecule has 2 aromatic rings. The molecule has 0 amide bonds. The molecule has 0 saturated carbocycles. The highest BCUT2D eigenvalue weighted by molar-refractivity contribution is 7.15. The monoisotopic (exact) mass is 260 g/mol. The Balaban J connectivity index is 2.29. The number of nitrogens with one attached hydrogen (secondary N) is 1. The lowest BCUT2D eigenvalue weighted by molar-refractivity contribution is 0.606. The number of hydrogen-bond acceptors (Lipinski definition) is 3. The average Bonchev–Trinajstić information content (AvgIpc) is 2.88. The van der Waals surface area contributed by atoms with E-state index in [9.17, 15) is 0 Å². The summed E-state index contributed by atoms with van der Waals surface area (Å²) in [4.78, 5) is 5.88. The molecule has 0 bridgehead atoms. The van der Waals surface area contributed by atoms with Crippen LogP contribution in [0.25, 0.3) is 10.6 Å². The molecule has 0 aliphatic carbocycles. The van der Waals surface area contributed by atoms with Gasteiger partial charge in [-0.05, 0) is 25.5 Å². The molecule has 1 atom stereocenters. The van der Waals surface area contributed by atoms with E-state index >= 15 is 0 Å². The smallest absolute Gasteiger partial charge is 0.123 e. The van der Waals surface area contributed by atoms with E-state index in [1.165, 1.54) is 16.0 Å². The van der Waals surface area contributed by atoms with Crippen molar-refractivity contribution in [1.82, 2.24) is 10.3 Å². The van der Waals surface area contributed by atoms with Crippen molar-refractivity contribution in [2.45, 2.75) is 33.2 Å². The Morgan fingerprint density at radius 2 is 2.06 bits per heavy atom. The number of benzene rings is 1. The number of nitrogens with zero attached hydrogens (tertiary/aromatic N) is 1. The highest BCUT2D eigenvalue weighted by Gasteiger charge is 2.11. The van der Waals surface area contributed by atoms with Gasteiger partial charge in [-0.1, -0.05) is 38.1 Å². The maximum absolute atomic E-state index is 4.58. The zero-order valence-corrected chi connectivity index (χ0v) is 12.1. The number of thiazole rings is 1. The second-order valence-corrected chi connectivity index (χ2v) is 5.42. The molecule has 2 nitrogen and oxygen atoms in total. The van der Waals surface area contributed by atoms with Crippen LogP contribution in [-0.2, 0) is 6.42 Å². The Labute approximate surface area is 113 Å². The van der Waals surface area contributed by atoms with Crippen LogP contribution in [0.5, 0.6) is 0 Å². The summed E-state index contributed by atoms with van der Waals surface area (Å²) in [5.41, 5.74) is 2.65. The van der Waals surface area contributed by atoms with E-state index in [1.54, 1.807) is 11.3 Å². The predicted octanol–water partition coefficient (Wildman–Crippen LogP) is 4.04. The number of hydrogen-bond donors (Lipinski definition) is 1. The van der Waals surface area contributed by atoms with Crippen molar-refractivity contribution in [2.75, 3.05) is 6.54 Å². The fourth-order valence-corrected chi connectivity index (χ4v) is 3.06. The minimum absolute atomic E-state index is 0.384. The highest BCUT2D eigenvalue weighted by Crippen LogP contribution is 2.30. The van der Waals surface area contributed by atoms with Crippen molar-refractivity contribution in [3.63, 3.8) is 0 Å². The van der Waals surface area contributed by atoms with Gasteiger partial charge in [-0.25, -0.2) is 4.98 Å². The zero-order chi connectivity index (χ0) is 13.0. The Morgan fingerprint density at radius 3 is 2.78 bits per heavy atom. The molecular weight excluding hydrogens is 240 g/mol. The van der Waals surface area contributed by atoms with E-state index in [0.717, 1.165) is 18.0 Å². The summed E-state index contributed by atoms with van der Waals surface area (Å²) in [5, 5.41) is 4.56. The highest BCUT2D eigenvalue weighted by atomic mass is 32.1. The molecule has 3 heteroatoms. The Morgan fingerprint density at radius 1 is 1.28 bits per heavy atom. The van der Waals surface area contributed by atoms with Crippen LogP contribution in [0.4, 0.5) is 0 Å². The average molecular weight is 260 g/mol. The molecule has 0 spiro atoms. The lowest BCUT2D eigenvalue weighted by Gasteiger charge is -2.08. The fourth-order valence-electron chi connectivity index (χ4n) is 2.06. The third-order valence-electron chi connectivity index (χ3n) is 3.09. The normalized spacial score (nSPS) is 12.6. The summed E-state index contributed by atoms with van der Waals surface area (Å²) in [7, 11) is 0. The molecule has 0 radical (unpaired) electrons. The molecule has 1 aromatic heterocycles. The van der Waals surface area contributed by atoms with Gasteiger partial charge in [0.2, 0.25) is 0 Å². The first-order valence-electron chi connectivity index (χ1n) is 6.53.